The number of hydrogen-bond acceptors (Lipinski definition) is 4. The minimum atomic E-state index is 0.769. The first kappa shape index (κ1) is 7.02. The van der Waals surface area contributed by atoms with Gasteiger partial charge >= 0.3 is 0 Å². The third-order valence-electron chi connectivity index (χ3n) is 1.53. The van der Waals surface area contributed by atoms with Crippen molar-refractivity contribution in [2.45, 2.75) is 0 Å². The number of H-pyrrole nitrogens is 1. The Balaban J connectivity index is 2.04. The van der Waals surface area contributed by atoms with Crippen LogP contribution >= 0.6 is 0 Å². The molecule has 0 bridgehead atoms. The molecule has 1 aliphatic rings. The lowest BCUT2D eigenvalue weighted by Gasteiger charge is -2.01. The Morgan fingerprint density at radius 1 is 1.58 bits per heavy atom. The second kappa shape index (κ2) is 3.17. The van der Waals surface area contributed by atoms with Crippen LogP contribution in [0.25, 0.3) is 0 Å². The molecule has 0 aliphatic carbocycles. The van der Waals surface area contributed by atoms with Gasteiger partial charge < -0.3 is 10.6 Å². The normalized spacial score (nSPS) is 15.2. The molecule has 0 unspecified atom stereocenters. The Kier molecular flexibility index (Phi) is 1.85. The third kappa shape index (κ3) is 1.50. The summed E-state index contributed by atoms with van der Waals surface area (Å²) in [5.74, 6) is 1.56. The summed E-state index contributed by atoms with van der Waals surface area (Å²) < 4.78 is 0. The number of rotatable bonds is 1. The highest BCUT2D eigenvalue weighted by molar-refractivity contribution is 5.93. The van der Waals surface area contributed by atoms with Crippen molar-refractivity contribution in [2.24, 2.45) is 4.99 Å². The topological polar surface area (TPSA) is 63.5 Å². The summed E-state index contributed by atoms with van der Waals surface area (Å²) in [6, 6.07) is 0. The molecule has 0 radical (unpaired) electrons. The molecule has 0 fully saturated rings. The van der Waals surface area contributed by atoms with Gasteiger partial charge in [0.2, 0.25) is 6.20 Å². The molecule has 3 N–H and O–H groups in total. The zero-order valence-electron chi connectivity index (χ0n) is 6.54. The molecule has 0 saturated carbocycles. The first-order chi connectivity index (χ1) is 5.95. The maximum Gasteiger partial charge on any atom is 0.210 e. The molecule has 0 saturated heterocycles. The molecule has 1 aliphatic heterocycles. The molecule has 0 aromatic carbocycles. The van der Waals surface area contributed by atoms with Crippen LogP contribution in [0.3, 0.4) is 0 Å². The van der Waals surface area contributed by atoms with Crippen LogP contribution in [0, 0.1) is 0 Å². The Morgan fingerprint density at radius 2 is 2.58 bits per heavy atom. The van der Waals surface area contributed by atoms with E-state index in [0.717, 1.165) is 24.9 Å². The molecule has 62 valence electrons. The van der Waals surface area contributed by atoms with Crippen LogP contribution in [0.15, 0.2) is 23.6 Å². The third-order valence-corrected chi connectivity index (χ3v) is 1.53. The zero-order chi connectivity index (χ0) is 8.23. The largest absolute Gasteiger partial charge is 0.354 e. The van der Waals surface area contributed by atoms with E-state index in [2.05, 4.69) is 25.6 Å². The molecule has 2 heterocycles. The van der Waals surface area contributed by atoms with Gasteiger partial charge in [-0.1, -0.05) is 0 Å². The second-order valence-corrected chi connectivity index (χ2v) is 2.42. The van der Waals surface area contributed by atoms with Crippen molar-refractivity contribution in [3.05, 3.63) is 18.6 Å². The maximum atomic E-state index is 4.17. The van der Waals surface area contributed by atoms with Crippen LogP contribution in [0.2, 0.25) is 0 Å². The van der Waals surface area contributed by atoms with Gasteiger partial charge in [-0.2, -0.15) is 0 Å². The van der Waals surface area contributed by atoms with Crippen molar-refractivity contribution in [3.8, 4) is 0 Å². The second-order valence-electron chi connectivity index (χ2n) is 2.42. The number of nitrogens with zero attached hydrogens (tertiary/aromatic N) is 2. The van der Waals surface area contributed by atoms with Crippen LogP contribution in [0.5, 0.6) is 0 Å². The first-order valence-electron chi connectivity index (χ1n) is 3.82. The minimum absolute atomic E-state index is 0.769. The molecule has 5 heteroatoms. The number of nitrogens with one attached hydrogen (secondary N) is 3. The smallest absolute Gasteiger partial charge is 0.210 e. The summed E-state index contributed by atoms with van der Waals surface area (Å²) in [7, 11) is 0. The van der Waals surface area contributed by atoms with E-state index in [1.165, 1.54) is 0 Å². The number of hydrogen-bond donors (Lipinski definition) is 2. The molecule has 1 aromatic rings. The van der Waals surface area contributed by atoms with Crippen LogP contribution in [-0.4, -0.2) is 24.0 Å². The van der Waals surface area contributed by atoms with Crippen molar-refractivity contribution in [1.82, 2.24) is 10.3 Å². The maximum absolute atomic E-state index is 4.17. The van der Waals surface area contributed by atoms with Gasteiger partial charge in [-0.15, -0.1) is 0 Å². The number of aromatic amines is 1. The number of aliphatic imine (C=N–C) groups is 1. The minimum Gasteiger partial charge on any atom is -0.354 e. The van der Waals surface area contributed by atoms with E-state index in [9.17, 15) is 0 Å². The van der Waals surface area contributed by atoms with E-state index in [0.29, 0.717) is 0 Å². The molecule has 1 aromatic heterocycles. The molecular formula is C7H10N5+. The zero-order valence-corrected chi connectivity index (χ0v) is 6.54. The van der Waals surface area contributed by atoms with E-state index in [4.69, 9.17) is 0 Å². The lowest BCUT2D eigenvalue weighted by molar-refractivity contribution is -0.377. The molecule has 0 atom stereocenters. The monoisotopic (exact) mass is 164 g/mol. The predicted octanol–water partition coefficient (Wildman–Crippen LogP) is -0.733. The van der Waals surface area contributed by atoms with Gasteiger partial charge in [-0.3, -0.25) is 4.99 Å². The summed E-state index contributed by atoms with van der Waals surface area (Å²) in [5, 5.41) is 6.13. The molecule has 12 heavy (non-hydrogen) atoms. The van der Waals surface area contributed by atoms with E-state index >= 15 is 0 Å². The van der Waals surface area contributed by atoms with Crippen molar-refractivity contribution in [1.29, 1.82) is 0 Å². The van der Waals surface area contributed by atoms with Gasteiger partial charge in [-0.25, -0.2) is 9.97 Å². The van der Waals surface area contributed by atoms with Gasteiger partial charge in [0.05, 0.1) is 12.7 Å². The Labute approximate surface area is 70.0 Å². The van der Waals surface area contributed by atoms with E-state index < -0.39 is 0 Å². The number of anilines is 1. The quantitative estimate of drug-likeness (QED) is 0.575. The van der Waals surface area contributed by atoms with Crippen molar-refractivity contribution >= 4 is 11.8 Å². The van der Waals surface area contributed by atoms with Crippen LogP contribution < -0.4 is 15.6 Å². The molecule has 0 spiro atoms. The fraction of sp³-hybridized carbons (Fsp3) is 0.286. The lowest BCUT2D eigenvalue weighted by atomic mass is 10.6. The van der Waals surface area contributed by atoms with E-state index in [-0.39, 0.29) is 0 Å². The van der Waals surface area contributed by atoms with Gasteiger partial charge in [0, 0.05) is 6.54 Å². The predicted molar refractivity (Wildman–Crippen MR) is 44.7 cm³/mol. The highest BCUT2D eigenvalue weighted by atomic mass is 15.2. The number of guanidine groups is 1. The standard InChI is InChI=1S/C7H9N5/c1-2-9-6(5-8-1)12-7-10-3-4-11-7/h1-2,5H,3-4H2,(H2,9,10,11,12)/p+1. The van der Waals surface area contributed by atoms with Crippen LogP contribution in [0.1, 0.15) is 0 Å². The van der Waals surface area contributed by atoms with Gasteiger partial charge in [0.15, 0.2) is 18.0 Å². The lowest BCUT2D eigenvalue weighted by Crippen LogP contribution is -2.27. The highest BCUT2D eigenvalue weighted by Crippen LogP contribution is 1.95. The Hall–Kier alpha value is -1.65. The van der Waals surface area contributed by atoms with Crippen molar-refractivity contribution < 1.29 is 4.98 Å². The fourth-order valence-corrected chi connectivity index (χ4v) is 0.996. The molecular weight excluding hydrogens is 154 g/mol. The SMILES string of the molecule is c1c[nH+]cc(NC2=NCCN2)n1. The Bertz CT molecular complexity index is 281. The summed E-state index contributed by atoms with van der Waals surface area (Å²) >= 11 is 0. The number of aromatic nitrogens is 2. The summed E-state index contributed by atoms with van der Waals surface area (Å²) in [6.45, 7) is 1.73. The average molecular weight is 164 g/mol. The van der Waals surface area contributed by atoms with Crippen molar-refractivity contribution in [3.63, 3.8) is 0 Å². The average Bonchev–Trinajstić information content (AvgIpc) is 2.59. The van der Waals surface area contributed by atoms with E-state index in [1.807, 2.05) is 0 Å². The fourth-order valence-electron chi connectivity index (χ4n) is 0.996. The van der Waals surface area contributed by atoms with Gasteiger partial charge in [0.1, 0.15) is 0 Å². The van der Waals surface area contributed by atoms with E-state index in [1.54, 1.807) is 18.6 Å². The summed E-state index contributed by atoms with van der Waals surface area (Å²) in [6.07, 6.45) is 5.23. The van der Waals surface area contributed by atoms with Crippen LogP contribution in [-0.2, 0) is 0 Å². The first-order valence-corrected chi connectivity index (χ1v) is 3.82. The van der Waals surface area contributed by atoms with Crippen LogP contribution in [0.4, 0.5) is 5.82 Å². The summed E-state index contributed by atoms with van der Waals surface area (Å²) in [4.78, 5) is 11.2. The Morgan fingerprint density at radius 3 is 3.25 bits per heavy atom. The van der Waals surface area contributed by atoms with Crippen molar-refractivity contribution in [2.75, 3.05) is 18.4 Å². The summed E-state index contributed by atoms with van der Waals surface area (Å²) in [5.41, 5.74) is 0. The molecule has 0 amide bonds. The highest BCUT2D eigenvalue weighted by Gasteiger charge is 2.05. The molecule has 2 rings (SSSR count). The molecule has 5 nitrogen and oxygen atoms in total. The van der Waals surface area contributed by atoms with Gasteiger partial charge in [0.25, 0.3) is 0 Å². The van der Waals surface area contributed by atoms with Gasteiger partial charge in [-0.05, 0) is 0 Å².